The zero-order valence-corrected chi connectivity index (χ0v) is 11.4. The van der Waals surface area contributed by atoms with Crippen LogP contribution in [-0.4, -0.2) is 32.2 Å². The molecular formula is C11H21N3OS. The van der Waals surface area contributed by atoms with Gasteiger partial charge in [0, 0.05) is 31.6 Å². The van der Waals surface area contributed by atoms with Gasteiger partial charge in [-0.2, -0.15) is 0 Å². The van der Waals surface area contributed by atoms with Gasteiger partial charge in [0.25, 0.3) is 0 Å². The number of methoxy groups -OCH3 is 1. The molecule has 0 bridgehead atoms. The first kappa shape index (κ1) is 13.4. The Labute approximate surface area is 102 Å². The van der Waals surface area contributed by atoms with Crippen LogP contribution in [0.5, 0.6) is 0 Å². The predicted molar refractivity (Wildman–Crippen MR) is 69.2 cm³/mol. The second kappa shape index (κ2) is 6.83. The van der Waals surface area contributed by atoms with Crippen molar-refractivity contribution in [1.82, 2.24) is 10.3 Å². The Balaban J connectivity index is 2.90. The molecule has 0 aliphatic heterocycles. The second-order valence-electron chi connectivity index (χ2n) is 3.50. The molecule has 0 atom stereocenters. The summed E-state index contributed by atoms with van der Waals surface area (Å²) in [7, 11) is 3.66. The summed E-state index contributed by atoms with van der Waals surface area (Å²) >= 11 is 1.75. The quantitative estimate of drug-likeness (QED) is 0.793. The summed E-state index contributed by atoms with van der Waals surface area (Å²) in [4.78, 5) is 8.18. The maximum Gasteiger partial charge on any atom is 0.185 e. The van der Waals surface area contributed by atoms with Gasteiger partial charge in [0.05, 0.1) is 12.3 Å². The van der Waals surface area contributed by atoms with Crippen LogP contribution in [0.15, 0.2) is 0 Å². The van der Waals surface area contributed by atoms with Crippen molar-refractivity contribution in [1.29, 1.82) is 0 Å². The standard InChI is InChI=1S/C11H21N3OS/c1-5-14(6-2)11-13-9(8-15-4)10(16-11)7-12-3/h12H,5-8H2,1-4H3. The van der Waals surface area contributed by atoms with Crippen LogP contribution >= 0.6 is 11.3 Å². The minimum Gasteiger partial charge on any atom is -0.378 e. The van der Waals surface area contributed by atoms with Crippen molar-refractivity contribution in [2.45, 2.75) is 27.0 Å². The highest BCUT2D eigenvalue weighted by molar-refractivity contribution is 7.15. The average molecular weight is 243 g/mol. The molecule has 1 heterocycles. The van der Waals surface area contributed by atoms with Gasteiger partial charge in [-0.3, -0.25) is 0 Å². The summed E-state index contributed by atoms with van der Waals surface area (Å²) < 4.78 is 5.17. The summed E-state index contributed by atoms with van der Waals surface area (Å²) in [6.45, 7) is 7.74. The summed E-state index contributed by atoms with van der Waals surface area (Å²) in [5.41, 5.74) is 1.06. The van der Waals surface area contributed by atoms with Gasteiger partial charge in [0.15, 0.2) is 5.13 Å². The molecule has 0 aliphatic rings. The Morgan fingerprint density at radius 3 is 2.56 bits per heavy atom. The van der Waals surface area contributed by atoms with E-state index in [0.717, 1.165) is 30.5 Å². The molecule has 4 nitrogen and oxygen atoms in total. The molecule has 0 fully saturated rings. The highest BCUT2D eigenvalue weighted by Crippen LogP contribution is 2.26. The van der Waals surface area contributed by atoms with E-state index in [1.54, 1.807) is 18.4 Å². The monoisotopic (exact) mass is 243 g/mol. The number of hydrogen-bond donors (Lipinski definition) is 1. The van der Waals surface area contributed by atoms with Crippen molar-refractivity contribution in [3.8, 4) is 0 Å². The van der Waals surface area contributed by atoms with Crippen molar-refractivity contribution in [2.75, 3.05) is 32.1 Å². The normalized spacial score (nSPS) is 10.8. The van der Waals surface area contributed by atoms with Gasteiger partial charge < -0.3 is 15.0 Å². The Kier molecular flexibility index (Phi) is 5.73. The smallest absolute Gasteiger partial charge is 0.185 e. The number of nitrogens with zero attached hydrogens (tertiary/aromatic N) is 2. The van der Waals surface area contributed by atoms with E-state index in [9.17, 15) is 0 Å². The number of ether oxygens (including phenoxy) is 1. The van der Waals surface area contributed by atoms with Gasteiger partial charge in [-0.1, -0.05) is 0 Å². The zero-order valence-electron chi connectivity index (χ0n) is 10.5. The fraction of sp³-hybridized carbons (Fsp3) is 0.727. The predicted octanol–water partition coefficient (Wildman–Crippen LogP) is 1.86. The Hall–Kier alpha value is -0.650. The third-order valence-electron chi connectivity index (χ3n) is 2.42. The van der Waals surface area contributed by atoms with Crippen LogP contribution in [-0.2, 0) is 17.9 Å². The molecule has 0 saturated carbocycles. The first-order valence-corrected chi connectivity index (χ1v) is 6.45. The Bertz CT molecular complexity index is 287. The largest absolute Gasteiger partial charge is 0.378 e. The number of anilines is 1. The first-order valence-electron chi connectivity index (χ1n) is 5.63. The van der Waals surface area contributed by atoms with Crippen LogP contribution in [0.1, 0.15) is 24.4 Å². The Morgan fingerprint density at radius 2 is 2.06 bits per heavy atom. The lowest BCUT2D eigenvalue weighted by molar-refractivity contribution is 0.181. The number of aromatic nitrogens is 1. The lowest BCUT2D eigenvalue weighted by Crippen LogP contribution is -2.21. The van der Waals surface area contributed by atoms with E-state index in [0.29, 0.717) is 6.61 Å². The fourth-order valence-electron chi connectivity index (χ4n) is 1.55. The van der Waals surface area contributed by atoms with E-state index in [1.807, 2.05) is 7.05 Å². The molecule has 0 radical (unpaired) electrons. The number of hydrogen-bond acceptors (Lipinski definition) is 5. The average Bonchev–Trinajstić information content (AvgIpc) is 2.65. The van der Waals surface area contributed by atoms with Crippen molar-refractivity contribution in [3.63, 3.8) is 0 Å². The van der Waals surface area contributed by atoms with E-state index in [4.69, 9.17) is 4.74 Å². The van der Waals surface area contributed by atoms with Gasteiger partial charge in [-0.25, -0.2) is 4.98 Å². The van der Waals surface area contributed by atoms with Crippen LogP contribution in [0, 0.1) is 0 Å². The molecule has 16 heavy (non-hydrogen) atoms. The lowest BCUT2D eigenvalue weighted by Gasteiger charge is -2.16. The van der Waals surface area contributed by atoms with Crippen LogP contribution in [0.3, 0.4) is 0 Å². The van der Waals surface area contributed by atoms with Crippen molar-refractivity contribution < 1.29 is 4.74 Å². The van der Waals surface area contributed by atoms with Gasteiger partial charge in [0.1, 0.15) is 0 Å². The Morgan fingerprint density at radius 1 is 1.38 bits per heavy atom. The van der Waals surface area contributed by atoms with Crippen LogP contribution in [0.2, 0.25) is 0 Å². The topological polar surface area (TPSA) is 37.4 Å². The molecular weight excluding hydrogens is 222 g/mol. The molecule has 0 spiro atoms. The zero-order chi connectivity index (χ0) is 12.0. The van der Waals surface area contributed by atoms with Gasteiger partial charge in [-0.05, 0) is 20.9 Å². The molecule has 1 rings (SSSR count). The molecule has 0 aromatic carbocycles. The van der Waals surface area contributed by atoms with Crippen LogP contribution in [0.25, 0.3) is 0 Å². The molecule has 0 aliphatic carbocycles. The minimum absolute atomic E-state index is 0.592. The van der Waals surface area contributed by atoms with Crippen LogP contribution < -0.4 is 10.2 Å². The van der Waals surface area contributed by atoms with Crippen molar-refractivity contribution >= 4 is 16.5 Å². The van der Waals surface area contributed by atoms with E-state index in [1.165, 1.54) is 4.88 Å². The van der Waals surface area contributed by atoms with Gasteiger partial charge in [-0.15, -0.1) is 11.3 Å². The molecule has 0 amide bonds. The van der Waals surface area contributed by atoms with Gasteiger partial charge in [0.2, 0.25) is 0 Å². The molecule has 92 valence electrons. The maximum atomic E-state index is 5.17. The van der Waals surface area contributed by atoms with E-state index in [2.05, 4.69) is 29.0 Å². The molecule has 0 saturated heterocycles. The van der Waals surface area contributed by atoms with Crippen molar-refractivity contribution in [3.05, 3.63) is 10.6 Å². The molecule has 1 aromatic heterocycles. The summed E-state index contributed by atoms with van der Waals surface area (Å²) in [5, 5.41) is 4.27. The first-order chi connectivity index (χ1) is 7.76. The third kappa shape index (κ3) is 3.17. The maximum absolute atomic E-state index is 5.17. The molecule has 0 unspecified atom stereocenters. The van der Waals surface area contributed by atoms with Crippen molar-refractivity contribution in [2.24, 2.45) is 0 Å². The lowest BCUT2D eigenvalue weighted by atomic mass is 10.4. The van der Waals surface area contributed by atoms with Gasteiger partial charge >= 0.3 is 0 Å². The van der Waals surface area contributed by atoms with E-state index >= 15 is 0 Å². The van der Waals surface area contributed by atoms with E-state index < -0.39 is 0 Å². The second-order valence-corrected chi connectivity index (χ2v) is 4.56. The SMILES string of the molecule is CCN(CC)c1nc(COC)c(CNC)s1. The molecule has 1 aromatic rings. The van der Waals surface area contributed by atoms with Crippen LogP contribution in [0.4, 0.5) is 5.13 Å². The number of thiazole rings is 1. The number of rotatable bonds is 7. The van der Waals surface area contributed by atoms with E-state index in [-0.39, 0.29) is 0 Å². The number of nitrogens with one attached hydrogen (secondary N) is 1. The molecule has 1 N–H and O–H groups in total. The minimum atomic E-state index is 0.592. The molecule has 5 heteroatoms. The highest BCUT2D eigenvalue weighted by Gasteiger charge is 2.13. The summed E-state index contributed by atoms with van der Waals surface area (Å²) in [6.07, 6.45) is 0. The summed E-state index contributed by atoms with van der Waals surface area (Å²) in [6, 6.07) is 0. The third-order valence-corrected chi connectivity index (χ3v) is 3.58. The summed E-state index contributed by atoms with van der Waals surface area (Å²) in [5.74, 6) is 0. The highest BCUT2D eigenvalue weighted by atomic mass is 32.1. The fourth-order valence-corrected chi connectivity index (χ4v) is 2.75.